The molecule has 3 atom stereocenters. The van der Waals surface area contributed by atoms with Crippen LogP contribution in [0.1, 0.15) is 72.1 Å². The average molecular weight is 294 g/mol. The van der Waals surface area contributed by atoms with Crippen molar-refractivity contribution < 1.29 is 14.3 Å². The molecule has 1 saturated heterocycles. The minimum Gasteiger partial charge on any atom is -0.462 e. The normalized spacial score (nSPS) is 32.2. The molecule has 3 unspecified atom stereocenters. The van der Waals surface area contributed by atoms with Crippen molar-refractivity contribution in [3.05, 3.63) is 11.6 Å². The quantitative estimate of drug-likeness (QED) is 0.396. The highest BCUT2D eigenvalue weighted by atomic mass is 16.5. The molecule has 0 radical (unpaired) electrons. The van der Waals surface area contributed by atoms with Crippen molar-refractivity contribution in [2.24, 2.45) is 5.92 Å². The Bertz CT molecular complexity index is 388. The Hall–Kier alpha value is -0.830. The third-order valence-corrected chi connectivity index (χ3v) is 4.86. The number of ether oxygens (including phenoxy) is 2. The fourth-order valence-electron chi connectivity index (χ4n) is 3.79. The molecule has 1 saturated carbocycles. The van der Waals surface area contributed by atoms with Crippen LogP contribution in [-0.4, -0.2) is 24.3 Å². The van der Waals surface area contributed by atoms with Gasteiger partial charge in [0.05, 0.1) is 18.3 Å². The maximum atomic E-state index is 12.1. The molecule has 3 heteroatoms. The Labute approximate surface area is 129 Å². The van der Waals surface area contributed by atoms with Crippen LogP contribution in [-0.2, 0) is 14.3 Å². The first-order valence-electron chi connectivity index (χ1n) is 8.67. The van der Waals surface area contributed by atoms with Crippen LogP contribution in [0.15, 0.2) is 11.6 Å². The van der Waals surface area contributed by atoms with E-state index in [-0.39, 0.29) is 11.6 Å². The molecule has 2 aliphatic rings. The fourth-order valence-corrected chi connectivity index (χ4v) is 3.79. The van der Waals surface area contributed by atoms with Gasteiger partial charge in [0.1, 0.15) is 0 Å². The fraction of sp³-hybridized carbons (Fsp3) is 0.833. The molecular formula is C18H30O3. The van der Waals surface area contributed by atoms with Crippen LogP contribution in [0, 0.1) is 5.92 Å². The van der Waals surface area contributed by atoms with E-state index in [1.807, 2.05) is 6.92 Å². The molecule has 0 aromatic carbocycles. The molecule has 0 aromatic rings. The van der Waals surface area contributed by atoms with Crippen molar-refractivity contribution in [3.8, 4) is 0 Å². The molecule has 0 spiro atoms. The first-order valence-corrected chi connectivity index (χ1v) is 8.67. The molecule has 1 heterocycles. The molecule has 0 amide bonds. The number of esters is 1. The van der Waals surface area contributed by atoms with Gasteiger partial charge in [0.2, 0.25) is 0 Å². The van der Waals surface area contributed by atoms with Crippen LogP contribution < -0.4 is 0 Å². The van der Waals surface area contributed by atoms with Crippen molar-refractivity contribution in [2.75, 3.05) is 6.61 Å². The summed E-state index contributed by atoms with van der Waals surface area (Å²) in [5.74, 6) is 0.423. The van der Waals surface area contributed by atoms with Crippen molar-refractivity contribution in [1.82, 2.24) is 0 Å². The molecule has 2 fully saturated rings. The number of rotatable bonds is 7. The van der Waals surface area contributed by atoms with Crippen molar-refractivity contribution in [2.45, 2.75) is 83.8 Å². The van der Waals surface area contributed by atoms with Gasteiger partial charge in [-0.3, -0.25) is 0 Å². The van der Waals surface area contributed by atoms with Crippen LogP contribution >= 0.6 is 0 Å². The summed E-state index contributed by atoms with van der Waals surface area (Å²) in [7, 11) is 0. The molecule has 120 valence electrons. The van der Waals surface area contributed by atoms with Gasteiger partial charge in [0.15, 0.2) is 0 Å². The maximum Gasteiger partial charge on any atom is 0.333 e. The van der Waals surface area contributed by atoms with Gasteiger partial charge in [0, 0.05) is 11.5 Å². The highest BCUT2D eigenvalue weighted by Gasteiger charge is 2.53. The zero-order valence-electron chi connectivity index (χ0n) is 13.8. The van der Waals surface area contributed by atoms with E-state index in [1.165, 1.54) is 25.7 Å². The van der Waals surface area contributed by atoms with Gasteiger partial charge in [-0.1, -0.05) is 39.5 Å². The Morgan fingerprint density at radius 1 is 1.29 bits per heavy atom. The van der Waals surface area contributed by atoms with Gasteiger partial charge in [0.25, 0.3) is 0 Å². The average Bonchev–Trinajstić information content (AvgIpc) is 2.46. The molecule has 0 aromatic heterocycles. The summed E-state index contributed by atoms with van der Waals surface area (Å²) in [5, 5.41) is 0. The number of hydrogen-bond acceptors (Lipinski definition) is 3. The number of carbonyl (C=O) groups excluding carboxylic acids is 1. The Morgan fingerprint density at radius 3 is 2.71 bits per heavy atom. The molecule has 21 heavy (non-hydrogen) atoms. The standard InChI is InChI=1S/C18H30O3/c1-4-6-12-20-17(19)14(3)13-18(11-5-2)15-9-7-8-10-16(15)21-18/h13,15-16H,4-12H2,1-3H3/b14-13+. The van der Waals surface area contributed by atoms with E-state index >= 15 is 0 Å². The van der Waals surface area contributed by atoms with Gasteiger partial charge in [-0.25, -0.2) is 4.79 Å². The lowest BCUT2D eigenvalue weighted by atomic mass is 9.67. The smallest absolute Gasteiger partial charge is 0.333 e. The van der Waals surface area contributed by atoms with Crippen molar-refractivity contribution in [1.29, 1.82) is 0 Å². The molecule has 3 nitrogen and oxygen atoms in total. The van der Waals surface area contributed by atoms with Crippen molar-refractivity contribution in [3.63, 3.8) is 0 Å². The van der Waals surface area contributed by atoms with E-state index in [1.54, 1.807) is 0 Å². The predicted molar refractivity (Wildman–Crippen MR) is 84.1 cm³/mol. The lowest BCUT2D eigenvalue weighted by Crippen LogP contribution is -2.60. The molecule has 1 aliphatic carbocycles. The second-order valence-corrected chi connectivity index (χ2v) is 6.57. The lowest BCUT2D eigenvalue weighted by Gasteiger charge is -2.56. The van der Waals surface area contributed by atoms with Crippen LogP contribution in [0.25, 0.3) is 0 Å². The first-order chi connectivity index (χ1) is 10.1. The van der Waals surface area contributed by atoms with Gasteiger partial charge >= 0.3 is 5.97 Å². The zero-order chi connectivity index (χ0) is 15.3. The second kappa shape index (κ2) is 7.44. The van der Waals surface area contributed by atoms with Gasteiger partial charge in [-0.15, -0.1) is 0 Å². The molecule has 1 aliphatic heterocycles. The molecular weight excluding hydrogens is 264 g/mol. The largest absolute Gasteiger partial charge is 0.462 e. The Balaban J connectivity index is 2.01. The van der Waals surface area contributed by atoms with Crippen LogP contribution in [0.3, 0.4) is 0 Å². The molecule has 0 bridgehead atoms. The number of hydrogen-bond donors (Lipinski definition) is 0. The van der Waals surface area contributed by atoms with Crippen LogP contribution in [0.5, 0.6) is 0 Å². The van der Waals surface area contributed by atoms with E-state index in [2.05, 4.69) is 19.9 Å². The third kappa shape index (κ3) is 3.68. The number of unbranched alkanes of at least 4 members (excludes halogenated alkanes) is 1. The molecule has 0 N–H and O–H groups in total. The topological polar surface area (TPSA) is 35.5 Å². The third-order valence-electron chi connectivity index (χ3n) is 4.86. The van der Waals surface area contributed by atoms with Gasteiger partial charge in [-0.05, 0) is 38.7 Å². The van der Waals surface area contributed by atoms with Crippen LogP contribution in [0.2, 0.25) is 0 Å². The SMILES string of the molecule is CCCCOC(=O)/C(C)=C/C1(CCC)OC2CCCCC21. The monoisotopic (exact) mass is 294 g/mol. The summed E-state index contributed by atoms with van der Waals surface area (Å²) in [5.41, 5.74) is 0.511. The van der Waals surface area contributed by atoms with E-state index in [0.717, 1.165) is 25.7 Å². The highest BCUT2D eigenvalue weighted by Crippen LogP contribution is 2.51. The summed E-state index contributed by atoms with van der Waals surface area (Å²) in [6.07, 6.45) is 11.6. The zero-order valence-corrected chi connectivity index (χ0v) is 13.8. The summed E-state index contributed by atoms with van der Waals surface area (Å²) < 4.78 is 11.5. The highest BCUT2D eigenvalue weighted by molar-refractivity contribution is 5.88. The van der Waals surface area contributed by atoms with Gasteiger partial charge in [-0.2, -0.15) is 0 Å². The minimum atomic E-state index is -0.201. The number of carbonyl (C=O) groups is 1. The Kier molecular flexibility index (Phi) is 5.86. The molecule has 2 rings (SSSR count). The predicted octanol–water partition coefficient (Wildman–Crippen LogP) is 4.40. The lowest BCUT2D eigenvalue weighted by molar-refractivity contribution is -0.250. The maximum absolute atomic E-state index is 12.1. The van der Waals surface area contributed by atoms with Crippen molar-refractivity contribution >= 4 is 5.97 Å². The first kappa shape index (κ1) is 16.5. The van der Waals surface area contributed by atoms with E-state index in [0.29, 0.717) is 24.2 Å². The van der Waals surface area contributed by atoms with Crippen LogP contribution in [0.4, 0.5) is 0 Å². The van der Waals surface area contributed by atoms with E-state index < -0.39 is 0 Å². The summed E-state index contributed by atoms with van der Waals surface area (Å²) in [4.78, 5) is 12.1. The number of fused-ring (bicyclic) bond motifs is 1. The van der Waals surface area contributed by atoms with Gasteiger partial charge < -0.3 is 9.47 Å². The Morgan fingerprint density at radius 2 is 2.05 bits per heavy atom. The summed E-state index contributed by atoms with van der Waals surface area (Å²) in [6, 6.07) is 0. The second-order valence-electron chi connectivity index (χ2n) is 6.57. The van der Waals surface area contributed by atoms with E-state index in [9.17, 15) is 4.79 Å². The van der Waals surface area contributed by atoms with E-state index in [4.69, 9.17) is 9.47 Å². The minimum absolute atomic E-state index is 0.179. The summed E-state index contributed by atoms with van der Waals surface area (Å²) >= 11 is 0. The summed E-state index contributed by atoms with van der Waals surface area (Å²) in [6.45, 7) is 6.67.